The molecule has 0 N–H and O–H groups in total. The summed E-state index contributed by atoms with van der Waals surface area (Å²) in [6.45, 7) is 6.19. The Kier molecular flexibility index (Phi) is 6.15. The van der Waals surface area contributed by atoms with Gasteiger partial charge in [-0.1, -0.05) is 36.4 Å². The van der Waals surface area contributed by atoms with E-state index in [4.69, 9.17) is 9.47 Å². The van der Waals surface area contributed by atoms with Crippen LogP contribution in [0.5, 0.6) is 0 Å². The van der Waals surface area contributed by atoms with Crippen LogP contribution in [0.3, 0.4) is 0 Å². The molecule has 9 atom stereocenters. The molecule has 4 aliphatic carbocycles. The normalized spacial score (nSPS) is 47.2. The zero-order valence-electron chi connectivity index (χ0n) is 18.4. The highest BCUT2D eigenvalue weighted by Crippen LogP contribution is 2.67. The third kappa shape index (κ3) is 3.57. The molecular formula is C24H34INO4. The lowest BCUT2D eigenvalue weighted by Gasteiger charge is -2.62. The van der Waals surface area contributed by atoms with Crippen LogP contribution in [0, 0.1) is 51.8 Å². The van der Waals surface area contributed by atoms with Gasteiger partial charge in [0, 0.05) is 12.8 Å². The number of esters is 2. The minimum absolute atomic E-state index is 0.0239. The van der Waals surface area contributed by atoms with E-state index >= 15 is 0 Å². The van der Waals surface area contributed by atoms with Crippen molar-refractivity contribution in [2.24, 2.45) is 40.4 Å². The quantitative estimate of drug-likeness (QED) is 0.292. The molecule has 4 rings (SSSR count). The molecule has 30 heavy (non-hydrogen) atoms. The van der Waals surface area contributed by atoms with Crippen molar-refractivity contribution in [2.45, 2.75) is 84.3 Å². The van der Waals surface area contributed by atoms with Crippen molar-refractivity contribution < 1.29 is 19.1 Å². The van der Waals surface area contributed by atoms with E-state index in [1.165, 1.54) is 6.92 Å². The highest BCUT2D eigenvalue weighted by molar-refractivity contribution is 14.1. The number of alkyl halides is 1. The molecule has 0 aromatic heterocycles. The van der Waals surface area contributed by atoms with Crippen LogP contribution in [-0.4, -0.2) is 28.6 Å². The molecule has 0 amide bonds. The third-order valence-electron chi connectivity index (χ3n) is 9.40. The van der Waals surface area contributed by atoms with Crippen molar-refractivity contribution in [3.63, 3.8) is 0 Å². The van der Waals surface area contributed by atoms with Crippen molar-refractivity contribution in [2.75, 3.05) is 4.43 Å². The highest BCUT2D eigenvalue weighted by Gasteiger charge is 2.64. The second-order valence-corrected chi connectivity index (χ2v) is 11.5. The number of nitrogens with zero attached hydrogens (tertiary/aromatic N) is 1. The second kappa shape index (κ2) is 8.26. The van der Waals surface area contributed by atoms with Crippen LogP contribution in [0.2, 0.25) is 0 Å². The van der Waals surface area contributed by atoms with Crippen LogP contribution in [-0.2, 0) is 19.1 Å². The summed E-state index contributed by atoms with van der Waals surface area (Å²) < 4.78 is 12.1. The van der Waals surface area contributed by atoms with Gasteiger partial charge in [-0.25, -0.2) is 0 Å². The molecule has 0 heterocycles. The van der Waals surface area contributed by atoms with Gasteiger partial charge in [-0.05, 0) is 80.0 Å². The van der Waals surface area contributed by atoms with E-state index < -0.39 is 0 Å². The first-order valence-electron chi connectivity index (χ1n) is 11.5. The number of nitriles is 1. The summed E-state index contributed by atoms with van der Waals surface area (Å²) >= 11 is 2.08. The summed E-state index contributed by atoms with van der Waals surface area (Å²) in [5.41, 5.74) is 0.0477. The van der Waals surface area contributed by atoms with Crippen LogP contribution in [0.4, 0.5) is 0 Å². The molecule has 0 aromatic rings. The Hall–Kier alpha value is -0.840. The van der Waals surface area contributed by atoms with E-state index in [9.17, 15) is 14.9 Å². The number of hydrogen-bond donors (Lipinski definition) is 0. The fourth-order valence-corrected chi connectivity index (χ4v) is 8.35. The average Bonchev–Trinajstić information content (AvgIpc) is 3.03. The first-order chi connectivity index (χ1) is 14.2. The Morgan fingerprint density at radius 3 is 2.53 bits per heavy atom. The second-order valence-electron chi connectivity index (χ2n) is 10.7. The van der Waals surface area contributed by atoms with Gasteiger partial charge in [0.15, 0.2) is 0 Å². The molecule has 0 bridgehead atoms. The first-order valence-corrected chi connectivity index (χ1v) is 13.1. The Balaban J connectivity index is 1.65. The van der Waals surface area contributed by atoms with Gasteiger partial charge in [-0.15, -0.1) is 0 Å². The molecule has 0 spiro atoms. The molecule has 0 aliphatic heterocycles. The Morgan fingerprint density at radius 2 is 1.87 bits per heavy atom. The molecule has 4 saturated carbocycles. The van der Waals surface area contributed by atoms with Gasteiger partial charge in [0.05, 0.1) is 16.4 Å². The summed E-state index contributed by atoms with van der Waals surface area (Å²) in [4.78, 5) is 23.9. The molecular weight excluding hydrogens is 493 g/mol. The van der Waals surface area contributed by atoms with Crippen LogP contribution in [0.1, 0.15) is 72.1 Å². The predicted octanol–water partition coefficient (Wildman–Crippen LogP) is 5.06. The lowest BCUT2D eigenvalue weighted by atomic mass is 9.44. The van der Waals surface area contributed by atoms with E-state index in [1.54, 1.807) is 0 Å². The number of hydrogen-bond acceptors (Lipinski definition) is 5. The Morgan fingerprint density at radius 1 is 1.10 bits per heavy atom. The number of carbonyl (C=O) groups excluding carboxylic acids is 2. The summed E-state index contributed by atoms with van der Waals surface area (Å²) in [7, 11) is 0. The summed E-state index contributed by atoms with van der Waals surface area (Å²) in [5.74, 6) is 1.65. The largest absolute Gasteiger partial charge is 0.463 e. The maximum Gasteiger partial charge on any atom is 0.316 e. The van der Waals surface area contributed by atoms with Gasteiger partial charge in [-0.3, -0.25) is 9.59 Å². The van der Waals surface area contributed by atoms with E-state index in [0.717, 1.165) is 51.4 Å². The lowest BCUT2D eigenvalue weighted by molar-refractivity contribution is -0.198. The van der Waals surface area contributed by atoms with Crippen molar-refractivity contribution in [1.29, 1.82) is 5.26 Å². The molecule has 0 radical (unpaired) electrons. The standard InChI is InChI=1S/C24H34INO4/c1-14(27)29-17-8-9-23(2)15(10-17)4-6-18-19-7-5-16(13-26)24(19,3)11-20(22(18)23)30-21(28)12-25/h15-20,22H,4-12H2,1-3H3/t15?,16?,17?,18-,19-,20?,22-,23-,24+/m0/s1. The maximum atomic E-state index is 12.4. The van der Waals surface area contributed by atoms with Crippen LogP contribution in [0.15, 0.2) is 0 Å². The maximum absolute atomic E-state index is 12.4. The SMILES string of the molecule is CC(=O)OC1CC[C@@]2(C)C(CC[C@@H]3[C@H]2C(OC(=O)CI)C[C@]2(C)C(C#N)CC[C@@H]32)C1. The van der Waals surface area contributed by atoms with Crippen molar-refractivity contribution in [1.82, 2.24) is 0 Å². The van der Waals surface area contributed by atoms with Crippen LogP contribution >= 0.6 is 22.6 Å². The van der Waals surface area contributed by atoms with E-state index in [-0.39, 0.29) is 40.9 Å². The third-order valence-corrected chi connectivity index (χ3v) is 10.0. The van der Waals surface area contributed by atoms with Gasteiger partial charge < -0.3 is 9.47 Å². The number of fused-ring (bicyclic) bond motifs is 5. The molecule has 5 nitrogen and oxygen atoms in total. The summed E-state index contributed by atoms with van der Waals surface area (Å²) in [5, 5.41) is 9.82. The number of ether oxygens (including phenoxy) is 2. The van der Waals surface area contributed by atoms with Gasteiger partial charge in [-0.2, -0.15) is 5.26 Å². The summed E-state index contributed by atoms with van der Waals surface area (Å²) in [6, 6.07) is 2.59. The Bertz CT molecular complexity index is 750. The minimum Gasteiger partial charge on any atom is -0.463 e. The molecule has 6 heteroatoms. The fourth-order valence-electron chi connectivity index (χ4n) is 8.17. The van der Waals surface area contributed by atoms with Gasteiger partial charge >= 0.3 is 11.9 Å². The topological polar surface area (TPSA) is 76.4 Å². The monoisotopic (exact) mass is 527 g/mol. The van der Waals surface area contributed by atoms with E-state index in [0.29, 0.717) is 28.1 Å². The zero-order valence-corrected chi connectivity index (χ0v) is 20.5. The molecule has 4 aliphatic rings. The number of halogens is 1. The summed E-state index contributed by atoms with van der Waals surface area (Å²) in [6.07, 6.45) is 7.94. The molecule has 4 fully saturated rings. The predicted molar refractivity (Wildman–Crippen MR) is 121 cm³/mol. The Labute approximate surface area is 193 Å². The van der Waals surface area contributed by atoms with Gasteiger partial charge in [0.2, 0.25) is 0 Å². The molecule has 0 aromatic carbocycles. The molecule has 0 saturated heterocycles. The zero-order chi connectivity index (χ0) is 21.7. The van der Waals surface area contributed by atoms with Crippen LogP contribution < -0.4 is 0 Å². The van der Waals surface area contributed by atoms with Crippen LogP contribution in [0.25, 0.3) is 0 Å². The minimum atomic E-state index is -0.187. The van der Waals surface area contributed by atoms with Crippen molar-refractivity contribution in [3.05, 3.63) is 0 Å². The molecule has 166 valence electrons. The van der Waals surface area contributed by atoms with Gasteiger partial charge in [0.25, 0.3) is 0 Å². The smallest absolute Gasteiger partial charge is 0.316 e. The number of carbonyl (C=O) groups is 2. The molecule has 4 unspecified atom stereocenters. The van der Waals surface area contributed by atoms with Crippen molar-refractivity contribution >= 4 is 34.5 Å². The average molecular weight is 527 g/mol. The van der Waals surface area contributed by atoms with Gasteiger partial charge in [0.1, 0.15) is 12.2 Å². The lowest BCUT2D eigenvalue weighted by Crippen LogP contribution is -2.60. The van der Waals surface area contributed by atoms with E-state index in [2.05, 4.69) is 42.5 Å². The fraction of sp³-hybridized carbons (Fsp3) is 0.875. The highest BCUT2D eigenvalue weighted by atomic mass is 127. The van der Waals surface area contributed by atoms with Crippen molar-refractivity contribution in [3.8, 4) is 6.07 Å². The first kappa shape index (κ1) is 22.4. The van der Waals surface area contributed by atoms with E-state index in [1.807, 2.05) is 0 Å². The number of rotatable bonds is 3.